The molecule has 0 radical (unpaired) electrons. The first-order valence-corrected chi connectivity index (χ1v) is 5.00. The summed E-state index contributed by atoms with van der Waals surface area (Å²) >= 11 is 0. The fourth-order valence-electron chi connectivity index (χ4n) is 2.01. The van der Waals surface area contributed by atoms with Gasteiger partial charge in [0.05, 0.1) is 11.7 Å². The number of aromatic nitrogens is 1. The summed E-state index contributed by atoms with van der Waals surface area (Å²) in [5.41, 5.74) is 0.844. The number of rotatable bonds is 2. The van der Waals surface area contributed by atoms with E-state index in [1.165, 1.54) is 0 Å². The number of aliphatic carboxylic acids is 1. The predicted molar refractivity (Wildman–Crippen MR) is 52.5 cm³/mol. The van der Waals surface area contributed by atoms with Gasteiger partial charge in [-0.05, 0) is 19.8 Å². The maximum absolute atomic E-state index is 10.8. The first-order valence-electron chi connectivity index (χ1n) is 5.00. The monoisotopic (exact) mass is 210 g/mol. The molecule has 0 spiro atoms. The van der Waals surface area contributed by atoms with Crippen LogP contribution in [0, 0.1) is 13.8 Å². The van der Waals surface area contributed by atoms with Gasteiger partial charge in [0.2, 0.25) is 0 Å². The van der Waals surface area contributed by atoms with Crippen molar-refractivity contribution in [2.75, 3.05) is 0 Å². The van der Waals surface area contributed by atoms with Crippen LogP contribution in [0.25, 0.3) is 0 Å². The summed E-state index contributed by atoms with van der Waals surface area (Å²) in [6.45, 7) is 3.67. The van der Waals surface area contributed by atoms with Gasteiger partial charge in [0.15, 0.2) is 5.89 Å². The summed E-state index contributed by atoms with van der Waals surface area (Å²) < 4.78 is 5.46. The molecule has 1 aliphatic heterocycles. The van der Waals surface area contributed by atoms with Crippen molar-refractivity contribution in [3.05, 3.63) is 17.3 Å². The molecule has 1 fully saturated rings. The maximum Gasteiger partial charge on any atom is 0.320 e. The maximum atomic E-state index is 10.8. The van der Waals surface area contributed by atoms with Gasteiger partial charge in [0, 0.05) is 6.92 Å². The van der Waals surface area contributed by atoms with Gasteiger partial charge < -0.3 is 9.52 Å². The molecule has 5 nitrogen and oxygen atoms in total. The third kappa shape index (κ3) is 1.87. The van der Waals surface area contributed by atoms with Crippen molar-refractivity contribution >= 4 is 5.97 Å². The van der Waals surface area contributed by atoms with Crippen molar-refractivity contribution in [2.45, 2.75) is 38.8 Å². The molecule has 0 saturated carbocycles. The predicted octanol–water partition coefficient (Wildman–Crippen LogP) is 1.17. The van der Waals surface area contributed by atoms with Crippen LogP contribution in [-0.2, 0) is 4.79 Å². The van der Waals surface area contributed by atoms with Crippen LogP contribution < -0.4 is 5.32 Å². The first kappa shape index (κ1) is 10.2. The van der Waals surface area contributed by atoms with Crippen LogP contribution in [0.15, 0.2) is 4.42 Å². The van der Waals surface area contributed by atoms with Crippen molar-refractivity contribution in [2.24, 2.45) is 0 Å². The molecular weight excluding hydrogens is 196 g/mol. The lowest BCUT2D eigenvalue weighted by atomic mass is 10.1. The molecule has 0 aromatic carbocycles. The number of carboxylic acid groups (broad SMARTS) is 1. The van der Waals surface area contributed by atoms with Gasteiger partial charge in [-0.25, -0.2) is 4.98 Å². The van der Waals surface area contributed by atoms with Crippen LogP contribution in [0.2, 0.25) is 0 Å². The van der Waals surface area contributed by atoms with Crippen molar-refractivity contribution in [3.63, 3.8) is 0 Å². The lowest BCUT2D eigenvalue weighted by molar-refractivity contribution is -0.139. The minimum absolute atomic E-state index is 0.00713. The Morgan fingerprint density at radius 2 is 2.27 bits per heavy atom. The van der Waals surface area contributed by atoms with Crippen LogP contribution in [-0.4, -0.2) is 22.1 Å². The van der Waals surface area contributed by atoms with Gasteiger partial charge >= 0.3 is 5.97 Å². The Balaban J connectivity index is 2.14. The molecule has 2 unspecified atom stereocenters. The second-order valence-electron chi connectivity index (χ2n) is 3.87. The lowest BCUT2D eigenvalue weighted by Gasteiger charge is -2.09. The van der Waals surface area contributed by atoms with E-state index in [-0.39, 0.29) is 6.04 Å². The number of oxazole rings is 1. The molecule has 2 atom stereocenters. The Morgan fingerprint density at radius 1 is 1.53 bits per heavy atom. The molecule has 0 bridgehead atoms. The first-order chi connectivity index (χ1) is 7.08. The topological polar surface area (TPSA) is 75.4 Å². The molecule has 5 heteroatoms. The number of hydrogen-bond donors (Lipinski definition) is 2. The average molecular weight is 210 g/mol. The molecule has 2 N–H and O–H groups in total. The number of aryl methyl sites for hydroxylation is 2. The van der Waals surface area contributed by atoms with Crippen LogP contribution >= 0.6 is 0 Å². The van der Waals surface area contributed by atoms with Crippen molar-refractivity contribution in [1.29, 1.82) is 0 Å². The molecule has 1 aliphatic rings. The molecule has 15 heavy (non-hydrogen) atoms. The van der Waals surface area contributed by atoms with E-state index in [2.05, 4.69) is 10.3 Å². The van der Waals surface area contributed by atoms with Gasteiger partial charge in [-0.2, -0.15) is 0 Å². The second kappa shape index (κ2) is 3.66. The summed E-state index contributed by atoms with van der Waals surface area (Å²) in [4.78, 5) is 14.9. The van der Waals surface area contributed by atoms with Crippen LogP contribution in [0.3, 0.4) is 0 Å². The molecule has 82 valence electrons. The number of carbonyl (C=O) groups is 1. The van der Waals surface area contributed by atoms with E-state index in [9.17, 15) is 4.79 Å². The summed E-state index contributed by atoms with van der Waals surface area (Å²) in [5.74, 6) is 0.603. The number of nitrogens with one attached hydrogen (secondary N) is 1. The number of nitrogens with zero attached hydrogens (tertiary/aromatic N) is 1. The highest BCUT2D eigenvalue weighted by Crippen LogP contribution is 2.29. The highest BCUT2D eigenvalue weighted by Gasteiger charge is 2.32. The second-order valence-corrected chi connectivity index (χ2v) is 3.87. The standard InChI is InChI=1S/C10H14N2O3/c1-5-9(15-6(2)11-5)7-3-4-8(12-7)10(13)14/h7-8,12H,3-4H2,1-2H3,(H,13,14). The zero-order valence-electron chi connectivity index (χ0n) is 8.78. The molecular formula is C10H14N2O3. The average Bonchev–Trinajstić information content (AvgIpc) is 2.71. The minimum atomic E-state index is -0.800. The van der Waals surface area contributed by atoms with E-state index in [1.54, 1.807) is 6.92 Å². The normalized spacial score (nSPS) is 25.7. The Bertz CT molecular complexity index is 386. The largest absolute Gasteiger partial charge is 0.480 e. The molecule has 1 saturated heterocycles. The highest BCUT2D eigenvalue weighted by molar-refractivity contribution is 5.73. The van der Waals surface area contributed by atoms with Gasteiger partial charge in [0.1, 0.15) is 11.8 Å². The molecule has 0 amide bonds. The van der Waals surface area contributed by atoms with Crippen molar-refractivity contribution in [1.82, 2.24) is 10.3 Å². The third-order valence-electron chi connectivity index (χ3n) is 2.70. The van der Waals surface area contributed by atoms with E-state index in [4.69, 9.17) is 9.52 Å². The van der Waals surface area contributed by atoms with E-state index < -0.39 is 12.0 Å². The summed E-state index contributed by atoms with van der Waals surface area (Å²) in [6.07, 6.45) is 1.42. The summed E-state index contributed by atoms with van der Waals surface area (Å²) in [5, 5.41) is 11.9. The third-order valence-corrected chi connectivity index (χ3v) is 2.70. The summed E-state index contributed by atoms with van der Waals surface area (Å²) in [6, 6.07) is -0.466. The van der Waals surface area contributed by atoms with Gasteiger partial charge in [-0.1, -0.05) is 0 Å². The van der Waals surface area contributed by atoms with Gasteiger partial charge in [0.25, 0.3) is 0 Å². The van der Waals surface area contributed by atoms with Gasteiger partial charge in [-0.3, -0.25) is 10.1 Å². The fraction of sp³-hybridized carbons (Fsp3) is 0.600. The fourth-order valence-corrected chi connectivity index (χ4v) is 2.01. The quantitative estimate of drug-likeness (QED) is 0.766. The Kier molecular flexibility index (Phi) is 2.48. The zero-order valence-corrected chi connectivity index (χ0v) is 8.78. The summed E-state index contributed by atoms with van der Waals surface area (Å²) in [7, 11) is 0. The molecule has 2 heterocycles. The molecule has 1 aromatic rings. The smallest absolute Gasteiger partial charge is 0.320 e. The number of hydrogen-bond acceptors (Lipinski definition) is 4. The van der Waals surface area contributed by atoms with Gasteiger partial charge in [-0.15, -0.1) is 0 Å². The van der Waals surface area contributed by atoms with Crippen molar-refractivity contribution < 1.29 is 14.3 Å². The van der Waals surface area contributed by atoms with E-state index in [1.807, 2.05) is 6.92 Å². The van der Waals surface area contributed by atoms with Crippen LogP contribution in [0.1, 0.15) is 36.2 Å². The SMILES string of the molecule is Cc1nc(C)c(C2CCC(C(=O)O)N2)o1. The Hall–Kier alpha value is -1.36. The highest BCUT2D eigenvalue weighted by atomic mass is 16.4. The lowest BCUT2D eigenvalue weighted by Crippen LogP contribution is -2.31. The molecule has 2 rings (SSSR count). The number of carboxylic acids is 1. The Morgan fingerprint density at radius 3 is 2.73 bits per heavy atom. The van der Waals surface area contributed by atoms with Crippen LogP contribution in [0.4, 0.5) is 0 Å². The molecule has 0 aliphatic carbocycles. The van der Waals surface area contributed by atoms with E-state index in [0.29, 0.717) is 12.3 Å². The van der Waals surface area contributed by atoms with E-state index >= 15 is 0 Å². The Labute approximate surface area is 87.5 Å². The zero-order chi connectivity index (χ0) is 11.0. The van der Waals surface area contributed by atoms with Crippen LogP contribution in [0.5, 0.6) is 0 Å². The molecule has 1 aromatic heterocycles. The van der Waals surface area contributed by atoms with Crippen molar-refractivity contribution in [3.8, 4) is 0 Å². The van der Waals surface area contributed by atoms with E-state index in [0.717, 1.165) is 17.9 Å². The minimum Gasteiger partial charge on any atom is -0.480 e.